The number of aldehydes is 1. The van der Waals surface area contributed by atoms with Crippen molar-refractivity contribution in [2.24, 2.45) is 5.92 Å². The van der Waals surface area contributed by atoms with E-state index in [1.165, 1.54) is 62.0 Å². The molecule has 43 heavy (non-hydrogen) atoms. The van der Waals surface area contributed by atoms with Crippen LogP contribution in [0.15, 0.2) is 66.8 Å². The van der Waals surface area contributed by atoms with Crippen molar-refractivity contribution < 1.29 is 4.79 Å². The molecule has 1 unspecified atom stereocenters. The van der Waals surface area contributed by atoms with E-state index in [0.717, 1.165) is 76.2 Å². The van der Waals surface area contributed by atoms with Crippen molar-refractivity contribution in [2.45, 2.75) is 99.0 Å². The van der Waals surface area contributed by atoms with E-state index >= 15 is 0 Å². The van der Waals surface area contributed by atoms with Crippen LogP contribution >= 0.6 is 0 Å². The first-order valence-corrected chi connectivity index (χ1v) is 17.3. The first kappa shape index (κ1) is 36.5. The molecule has 0 bridgehead atoms. The number of benzene rings is 2. The van der Waals surface area contributed by atoms with E-state index < -0.39 is 0 Å². The Hall–Kier alpha value is -2.69. The molecule has 0 spiro atoms. The molecule has 1 N–H and O–H groups in total. The van der Waals surface area contributed by atoms with Gasteiger partial charge in [-0.05, 0) is 67.3 Å². The van der Waals surface area contributed by atoms with Gasteiger partial charge in [-0.1, -0.05) is 121 Å². The first-order chi connectivity index (χ1) is 21.2. The molecule has 0 aliphatic carbocycles. The van der Waals surface area contributed by atoms with Gasteiger partial charge in [0, 0.05) is 50.5 Å². The highest BCUT2D eigenvalue weighted by Crippen LogP contribution is 2.28. The van der Waals surface area contributed by atoms with Gasteiger partial charge in [0.05, 0.1) is 0 Å². The second kappa shape index (κ2) is 22.8. The van der Waals surface area contributed by atoms with Crippen LogP contribution in [0, 0.1) is 5.92 Å². The fourth-order valence-electron chi connectivity index (χ4n) is 5.81. The summed E-state index contributed by atoms with van der Waals surface area (Å²) in [5.74, 6) is 0.717. The highest BCUT2D eigenvalue weighted by atomic mass is 16.1. The number of allylic oxidation sites excluding steroid dienone is 2. The second-order valence-corrected chi connectivity index (χ2v) is 11.5. The summed E-state index contributed by atoms with van der Waals surface area (Å²) >= 11 is 0. The maximum Gasteiger partial charge on any atom is 0.150 e. The molecule has 2 heterocycles. The standard InChI is InChI=1S/C26H40N2O.C11H15N.C2H6/c1-3-5-13-23(4-2)20-25-15-14-24(22-29)21-26(25)28-18-12-10-8-6-7-9-11-16-27-17-19-28;1-2-12-8-7-10-5-3-4-6-11(10)9-12;1-2/h8-11,14-15,21-23,27H,3-7,12-13,16-20H2,1-2H3;3-6H,2,7-9H2,1H3;1-2H3/b10-8-,11-9-;;. The predicted molar refractivity (Wildman–Crippen MR) is 188 cm³/mol. The van der Waals surface area contributed by atoms with E-state index in [9.17, 15) is 4.79 Å². The number of rotatable bonds is 9. The van der Waals surface area contributed by atoms with Crippen LogP contribution in [0.4, 0.5) is 5.69 Å². The summed E-state index contributed by atoms with van der Waals surface area (Å²) in [7, 11) is 0. The van der Waals surface area contributed by atoms with Crippen LogP contribution in [-0.2, 0) is 19.4 Å². The summed E-state index contributed by atoms with van der Waals surface area (Å²) in [4.78, 5) is 16.4. The van der Waals surface area contributed by atoms with Crippen LogP contribution < -0.4 is 10.2 Å². The highest BCUT2D eigenvalue weighted by Gasteiger charge is 2.16. The van der Waals surface area contributed by atoms with Gasteiger partial charge in [0.2, 0.25) is 0 Å². The van der Waals surface area contributed by atoms with Crippen molar-refractivity contribution in [3.63, 3.8) is 0 Å². The van der Waals surface area contributed by atoms with Gasteiger partial charge in [0.15, 0.2) is 0 Å². The summed E-state index contributed by atoms with van der Waals surface area (Å²) in [6, 6.07) is 15.1. The third-order valence-electron chi connectivity index (χ3n) is 8.51. The summed E-state index contributed by atoms with van der Waals surface area (Å²) in [6.45, 7) is 18.2. The monoisotopic (exact) mass is 587 g/mol. The molecule has 238 valence electrons. The number of nitrogens with one attached hydrogen (secondary N) is 1. The number of likely N-dealkylation sites (N-methyl/N-ethyl adjacent to an activating group) is 1. The molecule has 4 nitrogen and oxygen atoms in total. The Morgan fingerprint density at radius 3 is 2.35 bits per heavy atom. The molecule has 2 aliphatic rings. The lowest BCUT2D eigenvalue weighted by Crippen LogP contribution is -2.33. The second-order valence-electron chi connectivity index (χ2n) is 11.5. The molecule has 4 rings (SSSR count). The van der Waals surface area contributed by atoms with Crippen LogP contribution in [0.25, 0.3) is 0 Å². The zero-order valence-electron chi connectivity index (χ0n) is 28.1. The van der Waals surface area contributed by atoms with Gasteiger partial charge >= 0.3 is 0 Å². The fourth-order valence-corrected chi connectivity index (χ4v) is 5.81. The molecule has 0 radical (unpaired) electrons. The van der Waals surface area contributed by atoms with E-state index in [0.29, 0.717) is 0 Å². The van der Waals surface area contributed by atoms with Crippen LogP contribution in [0.1, 0.15) is 107 Å². The van der Waals surface area contributed by atoms with E-state index in [1.54, 1.807) is 5.56 Å². The molecule has 0 saturated heterocycles. The Morgan fingerprint density at radius 1 is 0.884 bits per heavy atom. The lowest BCUT2D eigenvalue weighted by atomic mass is 9.90. The molecule has 0 aromatic heterocycles. The van der Waals surface area contributed by atoms with Crippen molar-refractivity contribution >= 4 is 12.0 Å². The minimum absolute atomic E-state index is 0.717. The van der Waals surface area contributed by atoms with Gasteiger partial charge in [0.1, 0.15) is 6.29 Å². The zero-order valence-corrected chi connectivity index (χ0v) is 28.1. The molecular formula is C39H61N3O. The van der Waals surface area contributed by atoms with Crippen molar-refractivity contribution in [2.75, 3.05) is 44.2 Å². The normalized spacial score (nSPS) is 18.1. The van der Waals surface area contributed by atoms with Crippen molar-refractivity contribution in [3.05, 3.63) is 89.0 Å². The highest BCUT2D eigenvalue weighted by molar-refractivity contribution is 5.78. The van der Waals surface area contributed by atoms with Gasteiger partial charge in [-0.3, -0.25) is 9.69 Å². The quantitative estimate of drug-likeness (QED) is 0.235. The Bertz CT molecular complexity index is 1080. The lowest BCUT2D eigenvalue weighted by Gasteiger charge is -2.28. The van der Waals surface area contributed by atoms with Crippen LogP contribution in [0.3, 0.4) is 0 Å². The number of unbranched alkanes of at least 4 members (excludes halogenated alkanes) is 1. The minimum atomic E-state index is 0.717. The van der Waals surface area contributed by atoms with Gasteiger partial charge in [-0.15, -0.1) is 0 Å². The summed E-state index contributed by atoms with van der Waals surface area (Å²) < 4.78 is 0. The van der Waals surface area contributed by atoms with E-state index in [4.69, 9.17) is 0 Å². The average molecular weight is 588 g/mol. The number of hydrogen-bond acceptors (Lipinski definition) is 4. The molecule has 0 saturated carbocycles. The van der Waals surface area contributed by atoms with E-state index in [1.807, 2.05) is 19.9 Å². The Balaban J connectivity index is 0.000000379. The van der Waals surface area contributed by atoms with Gasteiger partial charge < -0.3 is 10.2 Å². The molecule has 2 aromatic rings. The first-order valence-electron chi connectivity index (χ1n) is 17.3. The molecule has 4 heteroatoms. The Morgan fingerprint density at radius 2 is 1.63 bits per heavy atom. The van der Waals surface area contributed by atoms with E-state index in [-0.39, 0.29) is 0 Å². The number of carbonyl (C=O) groups is 1. The van der Waals surface area contributed by atoms with Gasteiger partial charge in [0.25, 0.3) is 0 Å². The van der Waals surface area contributed by atoms with Gasteiger partial charge in [-0.2, -0.15) is 0 Å². The molecule has 1 atom stereocenters. The van der Waals surface area contributed by atoms with Crippen LogP contribution in [-0.4, -0.2) is 50.5 Å². The summed E-state index contributed by atoms with van der Waals surface area (Å²) in [5, 5.41) is 3.53. The zero-order chi connectivity index (χ0) is 31.1. The Kier molecular flexibility index (Phi) is 19.3. The summed E-state index contributed by atoms with van der Waals surface area (Å²) in [5.41, 5.74) is 6.49. The fraction of sp³-hybridized carbons (Fsp3) is 0.564. The van der Waals surface area contributed by atoms with Crippen molar-refractivity contribution in [1.82, 2.24) is 10.2 Å². The number of carbonyl (C=O) groups excluding carboxylic acids is 1. The number of nitrogens with zero attached hydrogens (tertiary/aromatic N) is 2. The number of fused-ring (bicyclic) bond motifs is 1. The average Bonchev–Trinajstić information content (AvgIpc) is 3.09. The maximum absolute atomic E-state index is 11.5. The van der Waals surface area contributed by atoms with Gasteiger partial charge in [-0.25, -0.2) is 0 Å². The minimum Gasteiger partial charge on any atom is -0.370 e. The van der Waals surface area contributed by atoms with Crippen molar-refractivity contribution in [3.8, 4) is 0 Å². The molecule has 0 fully saturated rings. The van der Waals surface area contributed by atoms with Crippen LogP contribution in [0.5, 0.6) is 0 Å². The smallest absolute Gasteiger partial charge is 0.150 e. The molecule has 0 amide bonds. The largest absolute Gasteiger partial charge is 0.370 e. The number of hydrogen-bond donors (Lipinski definition) is 1. The maximum atomic E-state index is 11.5. The molecular weight excluding hydrogens is 526 g/mol. The van der Waals surface area contributed by atoms with E-state index in [2.05, 4.69) is 96.6 Å². The SMILES string of the molecule is CC.CCCCC(CC)Cc1ccc(C=O)cc1N1CC/C=C\CC/C=C\CNCC1.CCN1CCc2ccccc2C1. The van der Waals surface area contributed by atoms with Crippen LogP contribution in [0.2, 0.25) is 0 Å². The topological polar surface area (TPSA) is 35.6 Å². The lowest BCUT2D eigenvalue weighted by molar-refractivity contribution is 0.112. The third-order valence-corrected chi connectivity index (χ3v) is 8.51. The molecule has 2 aliphatic heterocycles. The molecule has 2 aromatic carbocycles. The third kappa shape index (κ3) is 13.7. The predicted octanol–water partition coefficient (Wildman–Crippen LogP) is 9.04. The van der Waals surface area contributed by atoms with Crippen molar-refractivity contribution in [1.29, 1.82) is 0 Å². The Labute approximate surface area is 264 Å². The number of anilines is 1. The summed E-state index contributed by atoms with van der Waals surface area (Å²) in [6.07, 6.45) is 20.7.